The zero-order valence-corrected chi connectivity index (χ0v) is 10.4. The molecule has 1 aromatic rings. The molecule has 0 fully saturated rings. The molecular formula is C14H22O2. The van der Waals surface area contributed by atoms with Crippen molar-refractivity contribution in [2.75, 3.05) is 6.61 Å². The van der Waals surface area contributed by atoms with Crippen LogP contribution in [0.15, 0.2) is 24.3 Å². The monoisotopic (exact) mass is 222 g/mol. The Morgan fingerprint density at radius 1 is 1.19 bits per heavy atom. The van der Waals surface area contributed by atoms with E-state index in [0.717, 1.165) is 12.0 Å². The molecule has 0 heterocycles. The first kappa shape index (κ1) is 13.2. The van der Waals surface area contributed by atoms with Crippen LogP contribution >= 0.6 is 0 Å². The SMILES string of the molecule is CCc1ccc(C(O)CCOC(C)C)cc1. The van der Waals surface area contributed by atoms with Gasteiger partial charge in [-0.3, -0.25) is 0 Å². The minimum absolute atomic E-state index is 0.231. The highest BCUT2D eigenvalue weighted by Crippen LogP contribution is 2.17. The van der Waals surface area contributed by atoms with Crippen molar-refractivity contribution in [2.45, 2.75) is 45.8 Å². The number of hydrogen-bond acceptors (Lipinski definition) is 2. The van der Waals surface area contributed by atoms with Gasteiger partial charge in [-0.1, -0.05) is 31.2 Å². The van der Waals surface area contributed by atoms with Crippen molar-refractivity contribution < 1.29 is 9.84 Å². The Morgan fingerprint density at radius 2 is 1.81 bits per heavy atom. The predicted octanol–water partition coefficient (Wildman–Crippen LogP) is 3.10. The number of aliphatic hydroxyl groups is 1. The Bertz CT molecular complexity index is 290. The van der Waals surface area contributed by atoms with Crippen LogP contribution in [-0.4, -0.2) is 17.8 Å². The third kappa shape index (κ3) is 4.33. The van der Waals surface area contributed by atoms with Crippen molar-refractivity contribution in [3.05, 3.63) is 35.4 Å². The molecule has 0 spiro atoms. The van der Waals surface area contributed by atoms with Gasteiger partial charge in [0.15, 0.2) is 0 Å². The summed E-state index contributed by atoms with van der Waals surface area (Å²) in [6.45, 7) is 6.74. The number of hydrogen-bond donors (Lipinski definition) is 1. The fourth-order valence-corrected chi connectivity index (χ4v) is 1.56. The molecule has 16 heavy (non-hydrogen) atoms. The van der Waals surface area contributed by atoms with Crippen molar-refractivity contribution in [3.8, 4) is 0 Å². The van der Waals surface area contributed by atoms with Gasteiger partial charge in [-0.05, 0) is 31.4 Å². The van der Waals surface area contributed by atoms with E-state index in [2.05, 4.69) is 19.1 Å². The van der Waals surface area contributed by atoms with Gasteiger partial charge in [0.05, 0.1) is 12.2 Å². The average molecular weight is 222 g/mol. The van der Waals surface area contributed by atoms with Gasteiger partial charge in [-0.15, -0.1) is 0 Å². The molecule has 0 radical (unpaired) electrons. The van der Waals surface area contributed by atoms with E-state index >= 15 is 0 Å². The largest absolute Gasteiger partial charge is 0.388 e. The van der Waals surface area contributed by atoms with Crippen molar-refractivity contribution >= 4 is 0 Å². The lowest BCUT2D eigenvalue weighted by Gasteiger charge is -2.13. The van der Waals surface area contributed by atoms with E-state index < -0.39 is 6.10 Å². The van der Waals surface area contributed by atoms with Gasteiger partial charge >= 0.3 is 0 Å². The summed E-state index contributed by atoms with van der Waals surface area (Å²) in [5.41, 5.74) is 2.28. The van der Waals surface area contributed by atoms with Crippen LogP contribution in [0, 0.1) is 0 Å². The second-order valence-electron chi connectivity index (χ2n) is 4.32. The van der Waals surface area contributed by atoms with Gasteiger partial charge in [0, 0.05) is 13.0 Å². The maximum atomic E-state index is 9.92. The second kappa shape index (κ2) is 6.66. The van der Waals surface area contributed by atoms with E-state index in [0.29, 0.717) is 13.0 Å². The normalized spacial score (nSPS) is 13.1. The summed E-state index contributed by atoms with van der Waals surface area (Å²) in [4.78, 5) is 0. The number of ether oxygens (including phenoxy) is 1. The number of aliphatic hydroxyl groups excluding tert-OH is 1. The van der Waals surface area contributed by atoms with Crippen LogP contribution in [0.1, 0.15) is 44.4 Å². The summed E-state index contributed by atoms with van der Waals surface area (Å²) in [6, 6.07) is 8.14. The summed E-state index contributed by atoms with van der Waals surface area (Å²) in [7, 11) is 0. The Morgan fingerprint density at radius 3 is 2.31 bits per heavy atom. The maximum Gasteiger partial charge on any atom is 0.0812 e. The first-order valence-electron chi connectivity index (χ1n) is 6.02. The maximum absolute atomic E-state index is 9.92. The number of benzene rings is 1. The highest BCUT2D eigenvalue weighted by atomic mass is 16.5. The third-order valence-corrected chi connectivity index (χ3v) is 2.62. The summed E-state index contributed by atoms with van der Waals surface area (Å²) in [5.74, 6) is 0. The van der Waals surface area contributed by atoms with Crippen LogP contribution in [0.3, 0.4) is 0 Å². The fourth-order valence-electron chi connectivity index (χ4n) is 1.56. The molecule has 1 N–H and O–H groups in total. The predicted molar refractivity (Wildman–Crippen MR) is 66.5 cm³/mol. The van der Waals surface area contributed by atoms with E-state index in [-0.39, 0.29) is 6.10 Å². The third-order valence-electron chi connectivity index (χ3n) is 2.62. The van der Waals surface area contributed by atoms with Gasteiger partial charge < -0.3 is 9.84 Å². The molecule has 1 atom stereocenters. The van der Waals surface area contributed by atoms with Crippen LogP contribution in [0.4, 0.5) is 0 Å². The van der Waals surface area contributed by atoms with Gasteiger partial charge in [0.1, 0.15) is 0 Å². The summed E-state index contributed by atoms with van der Waals surface area (Å²) in [5, 5.41) is 9.92. The second-order valence-corrected chi connectivity index (χ2v) is 4.32. The van der Waals surface area contributed by atoms with Gasteiger partial charge in [0.2, 0.25) is 0 Å². The van der Waals surface area contributed by atoms with Crippen LogP contribution in [0.2, 0.25) is 0 Å². The zero-order valence-electron chi connectivity index (χ0n) is 10.4. The molecule has 1 unspecified atom stereocenters. The quantitative estimate of drug-likeness (QED) is 0.801. The van der Waals surface area contributed by atoms with Crippen LogP contribution in [0.25, 0.3) is 0 Å². The van der Waals surface area contributed by atoms with Crippen LogP contribution < -0.4 is 0 Å². The molecule has 0 aromatic heterocycles. The Hall–Kier alpha value is -0.860. The Balaban J connectivity index is 2.43. The number of rotatable bonds is 6. The summed E-state index contributed by atoms with van der Waals surface area (Å²) in [6.07, 6.45) is 1.51. The molecule has 90 valence electrons. The lowest BCUT2D eigenvalue weighted by Crippen LogP contribution is -2.08. The van der Waals surface area contributed by atoms with Crippen molar-refractivity contribution in [2.24, 2.45) is 0 Å². The molecule has 0 aliphatic carbocycles. The van der Waals surface area contributed by atoms with E-state index in [1.165, 1.54) is 5.56 Å². The van der Waals surface area contributed by atoms with Gasteiger partial charge in [-0.2, -0.15) is 0 Å². The van der Waals surface area contributed by atoms with E-state index in [1.54, 1.807) is 0 Å². The summed E-state index contributed by atoms with van der Waals surface area (Å²) >= 11 is 0. The molecule has 1 rings (SSSR count). The molecule has 0 saturated heterocycles. The van der Waals surface area contributed by atoms with Crippen LogP contribution in [-0.2, 0) is 11.2 Å². The molecule has 1 aromatic carbocycles. The highest BCUT2D eigenvalue weighted by Gasteiger charge is 2.07. The summed E-state index contributed by atoms with van der Waals surface area (Å²) < 4.78 is 5.42. The van der Waals surface area contributed by atoms with Crippen molar-refractivity contribution in [1.82, 2.24) is 0 Å². The molecule has 0 aliphatic rings. The van der Waals surface area contributed by atoms with E-state index in [1.807, 2.05) is 26.0 Å². The molecule has 0 aliphatic heterocycles. The first-order valence-corrected chi connectivity index (χ1v) is 6.02. The Kier molecular flexibility index (Phi) is 5.50. The Labute approximate surface area is 98.3 Å². The highest BCUT2D eigenvalue weighted by molar-refractivity contribution is 5.24. The van der Waals surface area contributed by atoms with Crippen molar-refractivity contribution in [3.63, 3.8) is 0 Å². The number of aryl methyl sites for hydroxylation is 1. The lowest BCUT2D eigenvalue weighted by molar-refractivity contribution is 0.0465. The molecule has 0 saturated carbocycles. The zero-order chi connectivity index (χ0) is 12.0. The molecule has 0 bridgehead atoms. The average Bonchev–Trinajstić information content (AvgIpc) is 2.28. The minimum atomic E-state index is -0.412. The minimum Gasteiger partial charge on any atom is -0.388 e. The molecule has 2 heteroatoms. The van der Waals surface area contributed by atoms with E-state index in [4.69, 9.17) is 4.74 Å². The molecular weight excluding hydrogens is 200 g/mol. The van der Waals surface area contributed by atoms with Gasteiger partial charge in [0.25, 0.3) is 0 Å². The van der Waals surface area contributed by atoms with Gasteiger partial charge in [-0.25, -0.2) is 0 Å². The van der Waals surface area contributed by atoms with Crippen LogP contribution in [0.5, 0.6) is 0 Å². The first-order chi connectivity index (χ1) is 7.63. The fraction of sp³-hybridized carbons (Fsp3) is 0.571. The molecule has 0 amide bonds. The van der Waals surface area contributed by atoms with E-state index in [9.17, 15) is 5.11 Å². The standard InChI is InChI=1S/C14H22O2/c1-4-12-5-7-13(8-6-12)14(15)9-10-16-11(2)3/h5-8,11,14-15H,4,9-10H2,1-3H3. The topological polar surface area (TPSA) is 29.5 Å². The lowest BCUT2D eigenvalue weighted by atomic mass is 10.0. The smallest absolute Gasteiger partial charge is 0.0812 e. The van der Waals surface area contributed by atoms with Crippen molar-refractivity contribution in [1.29, 1.82) is 0 Å². The molecule has 2 nitrogen and oxygen atoms in total.